The molecule has 1 unspecified atom stereocenters. The van der Waals surface area contributed by atoms with Crippen molar-refractivity contribution in [3.8, 4) is 0 Å². The zero-order valence-electron chi connectivity index (χ0n) is 10.8. The van der Waals surface area contributed by atoms with E-state index >= 15 is 0 Å². The minimum Gasteiger partial charge on any atom is -0.326 e. The molecule has 1 atom stereocenters. The number of benzene rings is 1. The number of hydrogen-bond donors (Lipinski definition) is 1. The van der Waals surface area contributed by atoms with E-state index in [9.17, 15) is 9.59 Å². The lowest BCUT2D eigenvalue weighted by atomic mass is 10.3. The highest BCUT2D eigenvalue weighted by atomic mass is 127. The van der Waals surface area contributed by atoms with Gasteiger partial charge in [0.2, 0.25) is 11.8 Å². The molecule has 2 rings (SSSR count). The summed E-state index contributed by atoms with van der Waals surface area (Å²) < 4.78 is 1.67. The second kappa shape index (κ2) is 6.86. The van der Waals surface area contributed by atoms with E-state index in [2.05, 4.69) is 27.9 Å². The van der Waals surface area contributed by atoms with Gasteiger partial charge in [0.25, 0.3) is 0 Å². The van der Waals surface area contributed by atoms with Crippen LogP contribution in [0.15, 0.2) is 24.3 Å². The molecule has 1 aromatic carbocycles. The number of hydrogen-bond acceptors (Lipinski definition) is 4. The van der Waals surface area contributed by atoms with Crippen molar-refractivity contribution in [1.29, 1.82) is 0 Å². The average molecular weight is 420 g/mol. The van der Waals surface area contributed by atoms with E-state index in [0.29, 0.717) is 10.9 Å². The van der Waals surface area contributed by atoms with Crippen molar-refractivity contribution >= 4 is 68.4 Å². The Hall–Kier alpha value is -0.670. The van der Waals surface area contributed by atoms with Crippen LogP contribution in [0.2, 0.25) is 0 Å². The minimum absolute atomic E-state index is 0.0120. The SMILES string of the molecule is CC1SC(=S)N(CCC(=O)Nc2ccc(I)cc2)C1=O. The van der Waals surface area contributed by atoms with Gasteiger partial charge in [-0.05, 0) is 53.8 Å². The Balaban J connectivity index is 1.85. The van der Waals surface area contributed by atoms with Crippen LogP contribution in [0.3, 0.4) is 0 Å². The highest BCUT2D eigenvalue weighted by molar-refractivity contribution is 14.1. The molecule has 7 heteroatoms. The molecule has 0 bridgehead atoms. The molecule has 106 valence electrons. The molecular formula is C13H13IN2O2S2. The van der Waals surface area contributed by atoms with E-state index in [4.69, 9.17) is 12.2 Å². The fourth-order valence-corrected chi connectivity index (χ4v) is 3.56. The Kier molecular flexibility index (Phi) is 5.39. The maximum absolute atomic E-state index is 11.8. The van der Waals surface area contributed by atoms with Crippen LogP contribution in [0.5, 0.6) is 0 Å². The van der Waals surface area contributed by atoms with Crippen LogP contribution >= 0.6 is 46.6 Å². The van der Waals surface area contributed by atoms with E-state index in [-0.39, 0.29) is 23.5 Å². The zero-order valence-corrected chi connectivity index (χ0v) is 14.5. The molecule has 0 radical (unpaired) electrons. The molecular weight excluding hydrogens is 407 g/mol. The maximum atomic E-state index is 11.8. The van der Waals surface area contributed by atoms with Gasteiger partial charge in [0.05, 0.1) is 5.25 Å². The molecule has 20 heavy (non-hydrogen) atoms. The summed E-state index contributed by atoms with van der Waals surface area (Å²) in [6.45, 7) is 2.16. The van der Waals surface area contributed by atoms with E-state index < -0.39 is 0 Å². The summed E-state index contributed by atoms with van der Waals surface area (Å²) in [4.78, 5) is 25.2. The molecule has 1 N–H and O–H groups in total. The lowest BCUT2D eigenvalue weighted by Crippen LogP contribution is -2.33. The van der Waals surface area contributed by atoms with Gasteiger partial charge in [-0.2, -0.15) is 0 Å². The highest BCUT2D eigenvalue weighted by Gasteiger charge is 2.33. The Bertz CT molecular complexity index is 548. The molecule has 1 saturated heterocycles. The zero-order chi connectivity index (χ0) is 14.7. The first-order valence-corrected chi connectivity index (χ1v) is 8.41. The van der Waals surface area contributed by atoms with Crippen molar-refractivity contribution in [2.24, 2.45) is 0 Å². The van der Waals surface area contributed by atoms with Gasteiger partial charge < -0.3 is 5.32 Å². The van der Waals surface area contributed by atoms with Crippen LogP contribution < -0.4 is 5.32 Å². The third-order valence-corrected chi connectivity index (χ3v) is 5.01. The summed E-state index contributed by atoms with van der Waals surface area (Å²) in [6, 6.07) is 7.55. The van der Waals surface area contributed by atoms with Gasteiger partial charge in [-0.25, -0.2) is 0 Å². The quantitative estimate of drug-likeness (QED) is 0.602. The Morgan fingerprint density at radius 1 is 1.45 bits per heavy atom. The molecule has 0 saturated carbocycles. The summed E-state index contributed by atoms with van der Waals surface area (Å²) in [7, 11) is 0. The number of halogens is 1. The molecule has 2 amide bonds. The summed E-state index contributed by atoms with van der Waals surface area (Å²) in [5.41, 5.74) is 0.758. The number of rotatable bonds is 4. The van der Waals surface area contributed by atoms with Gasteiger partial charge in [0, 0.05) is 22.2 Å². The predicted molar refractivity (Wildman–Crippen MR) is 93.8 cm³/mol. The topological polar surface area (TPSA) is 49.4 Å². The summed E-state index contributed by atoms with van der Waals surface area (Å²) in [5.74, 6) is -0.131. The van der Waals surface area contributed by atoms with Crippen LogP contribution in [0.25, 0.3) is 0 Å². The third-order valence-electron chi connectivity index (χ3n) is 2.80. The minimum atomic E-state index is -0.137. The van der Waals surface area contributed by atoms with E-state index in [1.807, 2.05) is 31.2 Å². The van der Waals surface area contributed by atoms with Crippen molar-refractivity contribution in [3.63, 3.8) is 0 Å². The lowest BCUT2D eigenvalue weighted by Gasteiger charge is -2.14. The molecule has 0 aliphatic carbocycles. The van der Waals surface area contributed by atoms with Gasteiger partial charge in [-0.3, -0.25) is 14.5 Å². The fraction of sp³-hybridized carbons (Fsp3) is 0.308. The number of nitrogens with one attached hydrogen (secondary N) is 1. The standard InChI is InChI=1S/C13H13IN2O2S2/c1-8-12(18)16(13(19)20-8)7-6-11(17)15-10-4-2-9(14)3-5-10/h2-5,8H,6-7H2,1H3,(H,15,17). The number of thiocarbonyl (C=S) groups is 1. The molecule has 1 heterocycles. The number of anilines is 1. The summed E-state index contributed by atoms with van der Waals surface area (Å²) in [5, 5.41) is 2.67. The van der Waals surface area contributed by atoms with Crippen LogP contribution in [0, 0.1) is 3.57 Å². The highest BCUT2D eigenvalue weighted by Crippen LogP contribution is 2.26. The fourth-order valence-electron chi connectivity index (χ4n) is 1.75. The smallest absolute Gasteiger partial charge is 0.241 e. The van der Waals surface area contributed by atoms with Crippen molar-refractivity contribution in [1.82, 2.24) is 4.90 Å². The molecule has 4 nitrogen and oxygen atoms in total. The van der Waals surface area contributed by atoms with Crippen molar-refractivity contribution in [3.05, 3.63) is 27.8 Å². The van der Waals surface area contributed by atoms with Crippen LogP contribution in [0.1, 0.15) is 13.3 Å². The molecule has 1 aliphatic heterocycles. The number of carbonyl (C=O) groups excluding carboxylic acids is 2. The second-order valence-corrected chi connectivity index (χ2v) is 7.54. The maximum Gasteiger partial charge on any atom is 0.241 e. The number of amides is 2. The monoisotopic (exact) mass is 420 g/mol. The van der Waals surface area contributed by atoms with Gasteiger partial charge >= 0.3 is 0 Å². The first kappa shape index (κ1) is 15.7. The number of carbonyl (C=O) groups is 2. The van der Waals surface area contributed by atoms with E-state index in [1.165, 1.54) is 16.7 Å². The van der Waals surface area contributed by atoms with Crippen LogP contribution in [-0.4, -0.2) is 32.8 Å². The van der Waals surface area contributed by atoms with Gasteiger partial charge in [-0.1, -0.05) is 24.0 Å². The Labute approximate surface area is 140 Å². The molecule has 0 spiro atoms. The molecule has 1 aliphatic rings. The Morgan fingerprint density at radius 3 is 2.65 bits per heavy atom. The Morgan fingerprint density at radius 2 is 2.10 bits per heavy atom. The second-order valence-electron chi connectivity index (χ2n) is 4.32. The van der Waals surface area contributed by atoms with E-state index in [1.54, 1.807) is 0 Å². The first-order valence-electron chi connectivity index (χ1n) is 6.05. The van der Waals surface area contributed by atoms with Crippen molar-refractivity contribution < 1.29 is 9.59 Å². The first-order chi connectivity index (χ1) is 9.47. The summed E-state index contributed by atoms with van der Waals surface area (Å²) in [6.07, 6.45) is 0.241. The molecule has 0 aromatic heterocycles. The van der Waals surface area contributed by atoms with Crippen LogP contribution in [0.4, 0.5) is 5.69 Å². The van der Waals surface area contributed by atoms with E-state index in [0.717, 1.165) is 9.26 Å². The normalized spacial score (nSPS) is 18.5. The average Bonchev–Trinajstić information content (AvgIpc) is 2.64. The van der Waals surface area contributed by atoms with Crippen molar-refractivity contribution in [2.75, 3.05) is 11.9 Å². The number of nitrogens with zero attached hydrogens (tertiary/aromatic N) is 1. The summed E-state index contributed by atoms with van der Waals surface area (Å²) >= 11 is 8.70. The van der Waals surface area contributed by atoms with Gasteiger partial charge in [0.15, 0.2) is 0 Å². The van der Waals surface area contributed by atoms with Gasteiger partial charge in [0.1, 0.15) is 4.32 Å². The van der Waals surface area contributed by atoms with Gasteiger partial charge in [-0.15, -0.1) is 0 Å². The molecule has 1 aromatic rings. The number of thioether (sulfide) groups is 1. The molecule has 1 fully saturated rings. The lowest BCUT2D eigenvalue weighted by molar-refractivity contribution is -0.126. The van der Waals surface area contributed by atoms with Crippen molar-refractivity contribution in [2.45, 2.75) is 18.6 Å². The van der Waals surface area contributed by atoms with Crippen LogP contribution in [-0.2, 0) is 9.59 Å². The largest absolute Gasteiger partial charge is 0.326 e. The predicted octanol–water partition coefficient (Wildman–Crippen LogP) is 2.87. The third kappa shape index (κ3) is 3.92.